The molecule has 5 nitrogen and oxygen atoms in total. The zero-order valence-corrected chi connectivity index (χ0v) is 11.7. The quantitative estimate of drug-likeness (QED) is 0.727. The number of primary amides is 1. The van der Waals surface area contributed by atoms with Crippen LogP contribution >= 0.6 is 11.8 Å². The topological polar surface area (TPSA) is 106 Å². The number of benzene rings is 1. The van der Waals surface area contributed by atoms with Gasteiger partial charge in [0.25, 0.3) is 0 Å². The smallest absolute Gasteiger partial charge is 0.321 e. The molecule has 5 N–H and O–H groups in total. The van der Waals surface area contributed by atoms with Crippen LogP contribution in [0.5, 0.6) is 0 Å². The summed E-state index contributed by atoms with van der Waals surface area (Å²) in [4.78, 5) is 21.8. The molecule has 19 heavy (non-hydrogen) atoms. The largest absolute Gasteiger partial charge is 0.480 e. The Morgan fingerprint density at radius 3 is 2.26 bits per heavy atom. The highest BCUT2D eigenvalue weighted by Gasteiger charge is 2.32. The molecule has 6 heteroatoms. The third-order valence-electron chi connectivity index (χ3n) is 2.86. The Morgan fingerprint density at radius 2 is 1.84 bits per heavy atom. The van der Waals surface area contributed by atoms with Gasteiger partial charge in [0.1, 0.15) is 6.04 Å². The van der Waals surface area contributed by atoms with E-state index in [0.717, 1.165) is 5.56 Å². The Balaban J connectivity index is 2.66. The van der Waals surface area contributed by atoms with Gasteiger partial charge in [-0.05, 0) is 31.5 Å². The van der Waals surface area contributed by atoms with Gasteiger partial charge in [0.2, 0.25) is 5.91 Å². The third-order valence-corrected chi connectivity index (χ3v) is 4.34. The number of thioether (sulfide) groups is 1. The van der Waals surface area contributed by atoms with E-state index in [1.807, 2.05) is 0 Å². The van der Waals surface area contributed by atoms with Crippen LogP contribution in [0, 0.1) is 0 Å². The molecule has 0 bridgehead atoms. The highest BCUT2D eigenvalue weighted by atomic mass is 32.2. The second kappa shape index (κ2) is 6.08. The molecule has 0 unspecified atom stereocenters. The van der Waals surface area contributed by atoms with E-state index in [-0.39, 0.29) is 0 Å². The summed E-state index contributed by atoms with van der Waals surface area (Å²) in [5.41, 5.74) is 12.2. The van der Waals surface area contributed by atoms with Gasteiger partial charge in [0.15, 0.2) is 0 Å². The summed E-state index contributed by atoms with van der Waals surface area (Å²) in [6, 6.07) is 5.98. The predicted molar refractivity (Wildman–Crippen MR) is 75.9 cm³/mol. The molecule has 1 amide bonds. The fraction of sp³-hybridized carbons (Fsp3) is 0.385. The molecule has 1 rings (SSSR count). The first-order chi connectivity index (χ1) is 8.74. The number of nitrogens with two attached hydrogens (primary N) is 2. The number of carboxylic acid groups (broad SMARTS) is 1. The normalized spacial score (nSPS) is 13.0. The standard InChI is InChI=1S/C13H18N2O3S/c1-13(2,10(14)12(17)18)19-7-8-3-5-9(6-4-8)11(15)16/h3-6,10H,7,14H2,1-2H3,(H2,15,16)(H,17,18)/t10-/m1/s1. The highest BCUT2D eigenvalue weighted by Crippen LogP contribution is 2.30. The molecule has 0 spiro atoms. The van der Waals surface area contributed by atoms with Crippen molar-refractivity contribution in [3.05, 3.63) is 35.4 Å². The van der Waals surface area contributed by atoms with E-state index in [9.17, 15) is 9.59 Å². The predicted octanol–water partition coefficient (Wildman–Crippen LogP) is 1.21. The van der Waals surface area contributed by atoms with Crippen LogP contribution in [-0.2, 0) is 10.5 Å². The van der Waals surface area contributed by atoms with E-state index in [1.165, 1.54) is 11.8 Å². The molecule has 0 radical (unpaired) electrons. The van der Waals surface area contributed by atoms with E-state index in [0.29, 0.717) is 11.3 Å². The molecule has 0 aliphatic rings. The maximum atomic E-state index is 10.9. The van der Waals surface area contributed by atoms with Crippen molar-refractivity contribution in [3.63, 3.8) is 0 Å². The summed E-state index contributed by atoms with van der Waals surface area (Å²) in [6.07, 6.45) is 0. The van der Waals surface area contributed by atoms with Gasteiger partial charge < -0.3 is 16.6 Å². The summed E-state index contributed by atoms with van der Waals surface area (Å²) in [6.45, 7) is 3.60. The Morgan fingerprint density at radius 1 is 1.32 bits per heavy atom. The average molecular weight is 282 g/mol. The van der Waals surface area contributed by atoms with Gasteiger partial charge >= 0.3 is 5.97 Å². The van der Waals surface area contributed by atoms with Crippen molar-refractivity contribution < 1.29 is 14.7 Å². The van der Waals surface area contributed by atoms with Crippen LogP contribution < -0.4 is 11.5 Å². The second-order valence-electron chi connectivity index (χ2n) is 4.77. The minimum atomic E-state index is -1.01. The number of rotatable bonds is 6. The van der Waals surface area contributed by atoms with E-state index in [4.69, 9.17) is 16.6 Å². The number of aliphatic carboxylic acids is 1. The molecule has 0 aromatic heterocycles. The SMILES string of the molecule is CC(C)(SCc1ccc(C(N)=O)cc1)[C@H](N)C(=O)O. The Labute approximate surface area is 116 Å². The Kier molecular flexibility index (Phi) is 4.97. The maximum absolute atomic E-state index is 10.9. The van der Waals surface area contributed by atoms with E-state index in [1.54, 1.807) is 38.1 Å². The van der Waals surface area contributed by atoms with Gasteiger partial charge in [0, 0.05) is 16.1 Å². The first-order valence-corrected chi connectivity index (χ1v) is 6.73. The fourth-order valence-electron chi connectivity index (χ4n) is 1.42. The summed E-state index contributed by atoms with van der Waals surface area (Å²) in [5.74, 6) is -0.860. The molecular weight excluding hydrogens is 264 g/mol. The van der Waals surface area contributed by atoms with Gasteiger partial charge in [-0.15, -0.1) is 11.8 Å². The molecule has 1 aromatic rings. The monoisotopic (exact) mass is 282 g/mol. The number of carbonyl (C=O) groups is 2. The summed E-state index contributed by atoms with van der Waals surface area (Å²) >= 11 is 1.46. The second-order valence-corrected chi connectivity index (χ2v) is 6.40. The van der Waals surface area contributed by atoms with Crippen LogP contribution in [-0.4, -0.2) is 27.8 Å². The van der Waals surface area contributed by atoms with Crippen molar-refractivity contribution in [1.29, 1.82) is 0 Å². The van der Waals surface area contributed by atoms with Gasteiger partial charge in [-0.2, -0.15) is 0 Å². The molecule has 0 saturated heterocycles. The summed E-state index contributed by atoms with van der Waals surface area (Å²) < 4.78 is -0.575. The van der Waals surface area contributed by atoms with Crippen molar-refractivity contribution in [1.82, 2.24) is 0 Å². The van der Waals surface area contributed by atoms with Gasteiger partial charge in [-0.25, -0.2) is 0 Å². The molecule has 0 saturated carbocycles. The minimum Gasteiger partial charge on any atom is -0.480 e. The Bertz CT molecular complexity index is 471. The molecule has 0 fully saturated rings. The lowest BCUT2D eigenvalue weighted by Gasteiger charge is -2.28. The molecule has 1 atom stereocenters. The van der Waals surface area contributed by atoms with Crippen molar-refractivity contribution >= 4 is 23.6 Å². The lowest BCUT2D eigenvalue weighted by atomic mass is 10.1. The third kappa shape index (κ3) is 4.25. The van der Waals surface area contributed by atoms with Crippen LogP contribution in [0.25, 0.3) is 0 Å². The number of amides is 1. The van der Waals surface area contributed by atoms with Gasteiger partial charge in [-0.1, -0.05) is 12.1 Å². The molecule has 104 valence electrons. The highest BCUT2D eigenvalue weighted by molar-refractivity contribution is 7.99. The molecule has 1 aromatic carbocycles. The van der Waals surface area contributed by atoms with Gasteiger partial charge in [0.05, 0.1) is 0 Å². The van der Waals surface area contributed by atoms with E-state index >= 15 is 0 Å². The molecule has 0 aliphatic carbocycles. The summed E-state index contributed by atoms with van der Waals surface area (Å²) in [7, 11) is 0. The van der Waals surface area contributed by atoms with Crippen molar-refractivity contribution in [2.24, 2.45) is 11.5 Å². The zero-order valence-electron chi connectivity index (χ0n) is 10.9. The fourth-order valence-corrected chi connectivity index (χ4v) is 2.43. The van der Waals surface area contributed by atoms with E-state index < -0.39 is 22.7 Å². The maximum Gasteiger partial charge on any atom is 0.321 e. The molecule has 0 heterocycles. The lowest BCUT2D eigenvalue weighted by Crippen LogP contribution is -2.46. The van der Waals surface area contributed by atoms with Crippen LogP contribution in [0.3, 0.4) is 0 Å². The average Bonchev–Trinajstić information content (AvgIpc) is 2.35. The van der Waals surface area contributed by atoms with Crippen molar-refractivity contribution in [3.8, 4) is 0 Å². The first kappa shape index (κ1) is 15.5. The lowest BCUT2D eigenvalue weighted by molar-refractivity contribution is -0.139. The number of hydrogen-bond donors (Lipinski definition) is 3. The minimum absolute atomic E-state index is 0.454. The summed E-state index contributed by atoms with van der Waals surface area (Å²) in [5, 5.41) is 8.92. The number of carbonyl (C=O) groups excluding carboxylic acids is 1. The van der Waals surface area contributed by atoms with Crippen molar-refractivity contribution in [2.45, 2.75) is 30.4 Å². The van der Waals surface area contributed by atoms with Crippen LogP contribution in [0.15, 0.2) is 24.3 Å². The zero-order chi connectivity index (χ0) is 14.6. The van der Waals surface area contributed by atoms with Crippen molar-refractivity contribution in [2.75, 3.05) is 0 Å². The van der Waals surface area contributed by atoms with Crippen LogP contribution in [0.2, 0.25) is 0 Å². The van der Waals surface area contributed by atoms with E-state index in [2.05, 4.69) is 0 Å². The molecular formula is C13H18N2O3S. The first-order valence-electron chi connectivity index (χ1n) is 5.75. The van der Waals surface area contributed by atoms with Crippen LogP contribution in [0.1, 0.15) is 29.8 Å². The van der Waals surface area contributed by atoms with Crippen LogP contribution in [0.4, 0.5) is 0 Å². The Hall–Kier alpha value is -1.53. The number of carboxylic acids is 1. The number of hydrogen-bond acceptors (Lipinski definition) is 4. The molecule has 0 aliphatic heterocycles. The van der Waals surface area contributed by atoms with Gasteiger partial charge in [-0.3, -0.25) is 9.59 Å².